The summed E-state index contributed by atoms with van der Waals surface area (Å²) in [6.45, 7) is 2.86. The summed E-state index contributed by atoms with van der Waals surface area (Å²) in [6.07, 6.45) is 1.51. The van der Waals surface area contributed by atoms with Crippen LogP contribution in [-0.2, 0) is 4.74 Å². The smallest absolute Gasteiger partial charge is 0.230 e. The normalized spacial score (nSPS) is 15.7. The molecule has 1 fully saturated rings. The van der Waals surface area contributed by atoms with Crippen molar-refractivity contribution in [2.75, 3.05) is 36.9 Å². The average molecular weight is 263 g/mol. The molecule has 2 heterocycles. The number of hydrogen-bond donors (Lipinski definition) is 1. The number of halogens is 1. The number of anilines is 2. The van der Waals surface area contributed by atoms with Crippen LogP contribution in [0.25, 0.3) is 11.1 Å². The summed E-state index contributed by atoms with van der Waals surface area (Å²) in [6, 6.07) is 4.65. The molecule has 6 heteroatoms. The van der Waals surface area contributed by atoms with Crippen LogP contribution in [0.1, 0.15) is 0 Å². The minimum absolute atomic E-state index is 0.195. The summed E-state index contributed by atoms with van der Waals surface area (Å²) in [4.78, 5) is 2.14. The molecule has 0 spiro atoms. The Labute approximate surface area is 109 Å². The van der Waals surface area contributed by atoms with Gasteiger partial charge in [0.2, 0.25) is 5.88 Å². The predicted molar refractivity (Wildman–Crippen MR) is 69.3 cm³/mol. The van der Waals surface area contributed by atoms with E-state index >= 15 is 0 Å². The number of hydrogen-bond acceptors (Lipinski definition) is 5. The van der Waals surface area contributed by atoms with Gasteiger partial charge in [-0.25, -0.2) is 4.39 Å². The molecular formula is C13H14FN3O2. The second-order valence-corrected chi connectivity index (χ2v) is 4.36. The number of nitrogens with two attached hydrogens (primary N) is 1. The van der Waals surface area contributed by atoms with Gasteiger partial charge in [-0.2, -0.15) is 0 Å². The highest BCUT2D eigenvalue weighted by Gasteiger charge is 2.19. The van der Waals surface area contributed by atoms with E-state index in [0.717, 1.165) is 18.8 Å². The van der Waals surface area contributed by atoms with E-state index in [1.54, 1.807) is 6.07 Å². The molecular weight excluding hydrogens is 249 g/mol. The van der Waals surface area contributed by atoms with Gasteiger partial charge in [0.05, 0.1) is 25.0 Å². The third-order valence-corrected chi connectivity index (χ3v) is 3.20. The zero-order valence-electron chi connectivity index (χ0n) is 10.3. The fourth-order valence-electron chi connectivity index (χ4n) is 2.25. The van der Waals surface area contributed by atoms with Crippen molar-refractivity contribution in [1.29, 1.82) is 0 Å². The van der Waals surface area contributed by atoms with Crippen LogP contribution in [0.4, 0.5) is 16.0 Å². The van der Waals surface area contributed by atoms with Gasteiger partial charge in [-0.1, -0.05) is 5.16 Å². The van der Waals surface area contributed by atoms with Gasteiger partial charge in [0, 0.05) is 24.3 Å². The molecule has 0 saturated carbocycles. The van der Waals surface area contributed by atoms with E-state index < -0.39 is 0 Å². The van der Waals surface area contributed by atoms with Crippen LogP contribution < -0.4 is 10.6 Å². The van der Waals surface area contributed by atoms with Gasteiger partial charge >= 0.3 is 0 Å². The lowest BCUT2D eigenvalue weighted by Gasteiger charge is -2.30. The molecule has 1 aromatic heterocycles. The molecule has 1 aromatic carbocycles. The Kier molecular flexibility index (Phi) is 3.08. The fraction of sp³-hybridized carbons (Fsp3) is 0.308. The first kappa shape index (κ1) is 12.0. The minimum atomic E-state index is -0.312. The maximum atomic E-state index is 13.5. The van der Waals surface area contributed by atoms with Crippen molar-refractivity contribution < 1.29 is 13.7 Å². The molecule has 2 N–H and O–H groups in total. The van der Waals surface area contributed by atoms with E-state index in [-0.39, 0.29) is 11.7 Å². The van der Waals surface area contributed by atoms with Crippen LogP contribution in [0.3, 0.4) is 0 Å². The van der Waals surface area contributed by atoms with E-state index in [9.17, 15) is 4.39 Å². The van der Waals surface area contributed by atoms with E-state index in [2.05, 4.69) is 10.1 Å². The number of morpholine rings is 1. The Morgan fingerprint density at radius 1 is 1.21 bits per heavy atom. The maximum Gasteiger partial charge on any atom is 0.230 e. The summed E-state index contributed by atoms with van der Waals surface area (Å²) >= 11 is 0. The Morgan fingerprint density at radius 2 is 2.00 bits per heavy atom. The Balaban J connectivity index is 2.06. The summed E-state index contributed by atoms with van der Waals surface area (Å²) in [5, 5.41) is 3.65. The molecule has 0 aliphatic carbocycles. The van der Waals surface area contributed by atoms with Crippen LogP contribution in [0, 0.1) is 5.82 Å². The minimum Gasteiger partial charge on any atom is -0.378 e. The molecule has 19 heavy (non-hydrogen) atoms. The lowest BCUT2D eigenvalue weighted by molar-refractivity contribution is 0.123. The maximum absolute atomic E-state index is 13.5. The monoisotopic (exact) mass is 263 g/mol. The average Bonchev–Trinajstić information content (AvgIpc) is 2.86. The lowest BCUT2D eigenvalue weighted by Crippen LogP contribution is -2.36. The molecule has 0 radical (unpaired) electrons. The highest BCUT2D eigenvalue weighted by Crippen LogP contribution is 2.35. The summed E-state index contributed by atoms with van der Waals surface area (Å²) < 4.78 is 23.7. The van der Waals surface area contributed by atoms with Crippen LogP contribution >= 0.6 is 0 Å². The van der Waals surface area contributed by atoms with E-state index in [4.69, 9.17) is 15.0 Å². The number of nitrogens with zero attached hydrogens (tertiary/aromatic N) is 2. The van der Waals surface area contributed by atoms with Crippen molar-refractivity contribution in [2.24, 2.45) is 0 Å². The second kappa shape index (κ2) is 4.89. The van der Waals surface area contributed by atoms with Gasteiger partial charge in [0.25, 0.3) is 0 Å². The molecule has 0 unspecified atom stereocenters. The number of aromatic nitrogens is 1. The first-order valence-electron chi connectivity index (χ1n) is 6.08. The van der Waals surface area contributed by atoms with Crippen LogP contribution in [-0.4, -0.2) is 31.5 Å². The summed E-state index contributed by atoms with van der Waals surface area (Å²) in [5.41, 5.74) is 7.95. The molecule has 3 rings (SSSR count). The van der Waals surface area contributed by atoms with E-state index in [1.807, 2.05) is 0 Å². The van der Waals surface area contributed by atoms with Crippen molar-refractivity contribution in [3.8, 4) is 11.1 Å². The quantitative estimate of drug-likeness (QED) is 0.896. The van der Waals surface area contributed by atoms with Gasteiger partial charge in [0.15, 0.2) is 0 Å². The van der Waals surface area contributed by atoms with Gasteiger partial charge in [-0.3, -0.25) is 0 Å². The SMILES string of the molecule is Nc1oncc1-c1cc(F)ccc1N1CCOCC1. The second-order valence-electron chi connectivity index (χ2n) is 4.36. The van der Waals surface area contributed by atoms with Crippen molar-refractivity contribution >= 4 is 11.6 Å². The highest BCUT2D eigenvalue weighted by molar-refractivity contribution is 5.83. The van der Waals surface area contributed by atoms with Crippen molar-refractivity contribution in [2.45, 2.75) is 0 Å². The molecule has 0 atom stereocenters. The third kappa shape index (κ3) is 2.26. The largest absolute Gasteiger partial charge is 0.378 e. The van der Waals surface area contributed by atoms with Gasteiger partial charge in [0.1, 0.15) is 5.82 Å². The van der Waals surface area contributed by atoms with Gasteiger partial charge in [-0.05, 0) is 18.2 Å². The van der Waals surface area contributed by atoms with Crippen LogP contribution in [0.5, 0.6) is 0 Å². The standard InChI is InChI=1S/C13H14FN3O2/c14-9-1-2-12(17-3-5-18-6-4-17)10(7-9)11-8-16-19-13(11)15/h1-2,7-8H,3-6,15H2. The van der Waals surface area contributed by atoms with Crippen molar-refractivity contribution in [1.82, 2.24) is 5.16 Å². The third-order valence-electron chi connectivity index (χ3n) is 3.20. The fourth-order valence-corrected chi connectivity index (χ4v) is 2.25. The lowest BCUT2D eigenvalue weighted by atomic mass is 10.0. The zero-order valence-corrected chi connectivity index (χ0v) is 10.3. The molecule has 2 aromatic rings. The van der Waals surface area contributed by atoms with Gasteiger partial charge in [-0.15, -0.1) is 0 Å². The Hall–Kier alpha value is -2.08. The number of benzene rings is 1. The number of nitrogen functional groups attached to an aromatic ring is 1. The van der Waals surface area contributed by atoms with E-state index in [0.29, 0.717) is 24.3 Å². The Morgan fingerprint density at radius 3 is 2.68 bits per heavy atom. The summed E-state index contributed by atoms with van der Waals surface area (Å²) in [5.74, 6) is -0.118. The summed E-state index contributed by atoms with van der Waals surface area (Å²) in [7, 11) is 0. The molecule has 1 aliphatic rings. The van der Waals surface area contributed by atoms with E-state index in [1.165, 1.54) is 18.3 Å². The molecule has 0 bridgehead atoms. The first-order chi connectivity index (χ1) is 9.25. The molecule has 0 amide bonds. The first-order valence-corrected chi connectivity index (χ1v) is 6.08. The topological polar surface area (TPSA) is 64.5 Å². The zero-order chi connectivity index (χ0) is 13.2. The molecule has 1 aliphatic heterocycles. The van der Waals surface area contributed by atoms with Crippen LogP contribution in [0.2, 0.25) is 0 Å². The molecule has 100 valence electrons. The van der Waals surface area contributed by atoms with Crippen molar-refractivity contribution in [3.63, 3.8) is 0 Å². The molecule has 5 nitrogen and oxygen atoms in total. The number of rotatable bonds is 2. The van der Waals surface area contributed by atoms with Gasteiger partial charge < -0.3 is 19.9 Å². The number of ether oxygens (including phenoxy) is 1. The Bertz CT molecular complexity index is 579. The van der Waals surface area contributed by atoms with Crippen LogP contribution in [0.15, 0.2) is 28.9 Å². The highest BCUT2D eigenvalue weighted by atomic mass is 19.1. The molecule has 1 saturated heterocycles. The predicted octanol–water partition coefficient (Wildman–Crippen LogP) is 1.90. The van der Waals surface area contributed by atoms with Crippen molar-refractivity contribution in [3.05, 3.63) is 30.2 Å².